The third kappa shape index (κ3) is 5.94. The molecule has 1 heterocycles. The molecule has 1 atom stereocenters. The van der Waals surface area contributed by atoms with Crippen molar-refractivity contribution in [3.63, 3.8) is 0 Å². The monoisotopic (exact) mass is 389 g/mol. The summed E-state index contributed by atoms with van der Waals surface area (Å²) in [6.07, 6.45) is 5.40. The molecule has 1 aliphatic rings. The summed E-state index contributed by atoms with van der Waals surface area (Å²) in [6.45, 7) is 4.81. The van der Waals surface area contributed by atoms with E-state index in [4.69, 9.17) is 10.00 Å². The van der Waals surface area contributed by atoms with Gasteiger partial charge in [0.05, 0.1) is 0 Å². The maximum Gasteiger partial charge on any atom is 0.244 e. The van der Waals surface area contributed by atoms with Crippen LogP contribution in [0.15, 0.2) is 54.6 Å². The first-order valence-electron chi connectivity index (χ1n) is 10.1. The lowest BCUT2D eigenvalue weighted by molar-refractivity contribution is -0.116. The van der Waals surface area contributed by atoms with Gasteiger partial charge in [-0.3, -0.25) is 9.69 Å². The van der Waals surface area contributed by atoms with Gasteiger partial charge in [-0.2, -0.15) is 5.26 Å². The number of nitrogens with zero attached hydrogens (tertiary/aromatic N) is 2. The van der Waals surface area contributed by atoms with E-state index in [1.807, 2.05) is 18.2 Å². The summed E-state index contributed by atoms with van der Waals surface area (Å²) in [5.41, 5.74) is 3.74. The molecule has 1 aliphatic heterocycles. The van der Waals surface area contributed by atoms with Crippen LogP contribution in [0.4, 0.5) is 0 Å². The Labute approximate surface area is 172 Å². The van der Waals surface area contributed by atoms with Gasteiger partial charge in [-0.25, -0.2) is 0 Å². The second kappa shape index (κ2) is 10.4. The van der Waals surface area contributed by atoms with Crippen LogP contribution in [0.2, 0.25) is 0 Å². The highest BCUT2D eigenvalue weighted by atomic mass is 16.5. The Morgan fingerprint density at radius 1 is 1.24 bits per heavy atom. The second-order valence-corrected chi connectivity index (χ2v) is 7.15. The van der Waals surface area contributed by atoms with Gasteiger partial charge >= 0.3 is 0 Å². The van der Waals surface area contributed by atoms with Gasteiger partial charge in [0.1, 0.15) is 11.8 Å². The predicted molar refractivity (Wildman–Crippen MR) is 114 cm³/mol. The molecule has 2 aromatic rings. The number of amides is 1. The van der Waals surface area contributed by atoms with Crippen molar-refractivity contribution in [2.75, 3.05) is 19.7 Å². The average Bonchev–Trinajstić information content (AvgIpc) is 2.77. The van der Waals surface area contributed by atoms with Gasteiger partial charge in [0.25, 0.3) is 0 Å². The number of rotatable bonds is 8. The Morgan fingerprint density at radius 3 is 2.72 bits per heavy atom. The topological polar surface area (TPSA) is 65.4 Å². The van der Waals surface area contributed by atoms with Crippen LogP contribution in [-0.4, -0.2) is 36.5 Å². The Morgan fingerprint density at radius 2 is 2.00 bits per heavy atom. The molecule has 0 aromatic heterocycles. The van der Waals surface area contributed by atoms with Crippen LogP contribution < -0.4 is 10.1 Å². The first-order chi connectivity index (χ1) is 14.2. The van der Waals surface area contributed by atoms with Crippen molar-refractivity contribution in [2.24, 2.45) is 0 Å². The molecule has 0 fully saturated rings. The van der Waals surface area contributed by atoms with E-state index in [-0.39, 0.29) is 12.5 Å². The van der Waals surface area contributed by atoms with Gasteiger partial charge in [-0.15, -0.1) is 0 Å². The number of carbonyl (C=O) groups excluding carboxylic acids is 1. The standard InChI is InChI=1S/C24H27N3O2/c1-2-22(27-15-13-20-5-3-4-6-21(20)18-27)17-26-24(28)12-9-19-7-10-23(11-8-19)29-16-14-25/h3-12,22H,2,13,15-18H2,1H3,(H,26,28)/b12-9+. The third-order valence-electron chi connectivity index (χ3n) is 5.27. The molecule has 0 bridgehead atoms. The van der Waals surface area contributed by atoms with Crippen molar-refractivity contribution >= 4 is 12.0 Å². The number of fused-ring (bicyclic) bond motifs is 1. The molecule has 0 radical (unpaired) electrons. The smallest absolute Gasteiger partial charge is 0.244 e. The Hall–Kier alpha value is -3.10. The summed E-state index contributed by atoms with van der Waals surface area (Å²) in [4.78, 5) is 14.7. The highest BCUT2D eigenvalue weighted by Crippen LogP contribution is 2.21. The van der Waals surface area contributed by atoms with E-state index in [2.05, 4.69) is 41.4 Å². The lowest BCUT2D eigenvalue weighted by Gasteiger charge is -2.35. The van der Waals surface area contributed by atoms with Gasteiger partial charge in [0.2, 0.25) is 5.91 Å². The highest BCUT2D eigenvalue weighted by molar-refractivity contribution is 5.91. The fourth-order valence-corrected chi connectivity index (χ4v) is 3.60. The van der Waals surface area contributed by atoms with Gasteiger partial charge in [0, 0.05) is 31.8 Å². The zero-order chi connectivity index (χ0) is 20.5. The predicted octanol–water partition coefficient (Wildman–Crippen LogP) is 3.56. The number of carbonyl (C=O) groups is 1. The van der Waals surface area contributed by atoms with E-state index in [9.17, 15) is 4.79 Å². The minimum atomic E-state index is -0.0920. The quantitative estimate of drug-likeness (QED) is 0.701. The molecule has 5 nitrogen and oxygen atoms in total. The lowest BCUT2D eigenvalue weighted by atomic mass is 9.98. The first-order valence-corrected chi connectivity index (χ1v) is 10.1. The minimum Gasteiger partial charge on any atom is -0.479 e. The normalized spacial score (nSPS) is 14.8. The minimum absolute atomic E-state index is 0.0266. The largest absolute Gasteiger partial charge is 0.479 e. The molecule has 3 rings (SSSR count). The van der Waals surface area contributed by atoms with E-state index < -0.39 is 0 Å². The van der Waals surface area contributed by atoms with Crippen LogP contribution in [-0.2, 0) is 17.8 Å². The maximum absolute atomic E-state index is 12.2. The van der Waals surface area contributed by atoms with Crippen LogP contribution in [0, 0.1) is 11.3 Å². The van der Waals surface area contributed by atoms with E-state index in [1.165, 1.54) is 11.1 Å². The molecule has 150 valence electrons. The summed E-state index contributed by atoms with van der Waals surface area (Å²) in [5, 5.41) is 11.6. The van der Waals surface area contributed by atoms with Crippen molar-refractivity contribution in [1.82, 2.24) is 10.2 Å². The zero-order valence-electron chi connectivity index (χ0n) is 16.8. The van der Waals surface area contributed by atoms with Gasteiger partial charge < -0.3 is 10.1 Å². The van der Waals surface area contributed by atoms with Gasteiger partial charge in [-0.1, -0.05) is 43.3 Å². The van der Waals surface area contributed by atoms with Crippen molar-refractivity contribution < 1.29 is 9.53 Å². The summed E-state index contributed by atoms with van der Waals surface area (Å²) < 4.78 is 5.22. The third-order valence-corrected chi connectivity index (χ3v) is 5.27. The number of hydrogen-bond acceptors (Lipinski definition) is 4. The molecule has 0 saturated heterocycles. The molecule has 2 aromatic carbocycles. The molecular formula is C24H27N3O2. The fourth-order valence-electron chi connectivity index (χ4n) is 3.60. The maximum atomic E-state index is 12.2. The number of benzene rings is 2. The Kier molecular flexibility index (Phi) is 7.43. The summed E-state index contributed by atoms with van der Waals surface area (Å²) >= 11 is 0. The summed E-state index contributed by atoms with van der Waals surface area (Å²) in [5.74, 6) is 0.549. The van der Waals surface area contributed by atoms with Crippen LogP contribution in [0.1, 0.15) is 30.0 Å². The van der Waals surface area contributed by atoms with Crippen LogP contribution in [0.25, 0.3) is 6.08 Å². The molecule has 0 saturated carbocycles. The van der Waals surface area contributed by atoms with Crippen molar-refractivity contribution in [3.05, 3.63) is 71.3 Å². The lowest BCUT2D eigenvalue weighted by Crippen LogP contribution is -2.45. The highest BCUT2D eigenvalue weighted by Gasteiger charge is 2.22. The summed E-state index contributed by atoms with van der Waals surface area (Å²) in [6, 6.07) is 18.2. The Bertz CT molecular complexity index is 884. The van der Waals surface area contributed by atoms with E-state index in [0.717, 1.165) is 31.5 Å². The van der Waals surface area contributed by atoms with E-state index in [1.54, 1.807) is 24.3 Å². The fraction of sp³-hybridized carbons (Fsp3) is 0.333. The van der Waals surface area contributed by atoms with Gasteiger partial charge in [0.15, 0.2) is 6.61 Å². The first kappa shape index (κ1) is 20.6. The molecule has 1 unspecified atom stereocenters. The van der Waals surface area contributed by atoms with Crippen molar-refractivity contribution in [2.45, 2.75) is 32.4 Å². The molecule has 1 N–H and O–H groups in total. The number of nitriles is 1. The molecule has 5 heteroatoms. The zero-order valence-corrected chi connectivity index (χ0v) is 16.8. The molecule has 1 amide bonds. The number of nitrogens with one attached hydrogen (secondary N) is 1. The molecule has 29 heavy (non-hydrogen) atoms. The van der Waals surface area contributed by atoms with Crippen molar-refractivity contribution in [3.8, 4) is 11.8 Å². The average molecular weight is 389 g/mol. The second-order valence-electron chi connectivity index (χ2n) is 7.15. The van der Waals surface area contributed by atoms with Gasteiger partial charge in [-0.05, 0) is 47.7 Å². The van der Waals surface area contributed by atoms with Crippen molar-refractivity contribution in [1.29, 1.82) is 5.26 Å². The van der Waals surface area contributed by atoms with Crippen LogP contribution in [0.3, 0.4) is 0 Å². The molecule has 0 aliphatic carbocycles. The number of ether oxygens (including phenoxy) is 1. The number of hydrogen-bond donors (Lipinski definition) is 1. The van der Waals surface area contributed by atoms with Crippen LogP contribution >= 0.6 is 0 Å². The molecule has 0 spiro atoms. The van der Waals surface area contributed by atoms with E-state index in [0.29, 0.717) is 18.3 Å². The summed E-state index contributed by atoms with van der Waals surface area (Å²) in [7, 11) is 0. The SMILES string of the molecule is CCC(CNC(=O)/C=C/c1ccc(OCC#N)cc1)N1CCc2ccccc2C1. The van der Waals surface area contributed by atoms with Crippen LogP contribution in [0.5, 0.6) is 5.75 Å². The molecular weight excluding hydrogens is 362 g/mol. The Balaban J connectivity index is 1.49. The van der Waals surface area contributed by atoms with E-state index >= 15 is 0 Å².